The molecule has 1 aliphatic heterocycles. The van der Waals surface area contributed by atoms with Gasteiger partial charge in [-0.15, -0.1) is 0 Å². The first-order valence-corrected chi connectivity index (χ1v) is 12.4. The highest BCUT2D eigenvalue weighted by atomic mass is 32.2. The second-order valence-corrected chi connectivity index (χ2v) is 9.50. The van der Waals surface area contributed by atoms with Gasteiger partial charge in [-0.1, -0.05) is 25.0 Å². The Morgan fingerprint density at radius 3 is 2.34 bits per heavy atom. The zero-order valence-corrected chi connectivity index (χ0v) is 19.2. The maximum atomic E-state index is 13.6. The van der Waals surface area contributed by atoms with Gasteiger partial charge in [0.25, 0.3) is 0 Å². The van der Waals surface area contributed by atoms with Gasteiger partial charge in [-0.25, -0.2) is 8.42 Å². The standard InChI is InChI=1S/C24H28N2O5S/c1-3-30-18-12-14-19(15-13-18)32(27,28)23-24(26-16-8-4-5-9-17-26)31-22(25-23)20-10-6-7-11-21(20)29-2/h6-7,10-15H,3-5,8-9,16-17H2,1-2H3. The van der Waals surface area contributed by atoms with Crippen molar-refractivity contribution in [2.75, 3.05) is 31.7 Å². The van der Waals surface area contributed by atoms with Crippen LogP contribution < -0.4 is 14.4 Å². The minimum absolute atomic E-state index is 0.0653. The quantitative estimate of drug-likeness (QED) is 0.497. The molecule has 0 radical (unpaired) electrons. The van der Waals surface area contributed by atoms with Gasteiger partial charge in [0.15, 0.2) is 0 Å². The molecule has 2 heterocycles. The predicted octanol–water partition coefficient (Wildman–Crippen LogP) is 4.96. The normalized spacial score (nSPS) is 14.8. The Morgan fingerprint density at radius 2 is 1.69 bits per heavy atom. The fourth-order valence-corrected chi connectivity index (χ4v) is 5.20. The van der Waals surface area contributed by atoms with E-state index in [9.17, 15) is 8.42 Å². The van der Waals surface area contributed by atoms with Crippen LogP contribution in [0.3, 0.4) is 0 Å². The molecule has 2 aromatic carbocycles. The summed E-state index contributed by atoms with van der Waals surface area (Å²) in [5.74, 6) is 1.71. The van der Waals surface area contributed by atoms with Crippen LogP contribution in [0.2, 0.25) is 0 Å². The topological polar surface area (TPSA) is 81.9 Å². The highest BCUT2D eigenvalue weighted by Crippen LogP contribution is 2.38. The fourth-order valence-electron chi connectivity index (χ4n) is 3.88. The smallest absolute Gasteiger partial charge is 0.236 e. The van der Waals surface area contributed by atoms with Crippen molar-refractivity contribution in [3.63, 3.8) is 0 Å². The maximum Gasteiger partial charge on any atom is 0.236 e. The number of sulfone groups is 1. The summed E-state index contributed by atoms with van der Waals surface area (Å²) in [5.41, 5.74) is 0.610. The molecule has 7 nitrogen and oxygen atoms in total. The third-order valence-corrected chi connectivity index (χ3v) is 7.18. The molecular formula is C24H28N2O5S. The number of para-hydroxylation sites is 1. The van der Waals surface area contributed by atoms with Crippen molar-refractivity contribution >= 4 is 15.7 Å². The van der Waals surface area contributed by atoms with E-state index in [0.29, 0.717) is 29.6 Å². The molecule has 1 saturated heterocycles. The minimum atomic E-state index is -3.91. The molecule has 3 aromatic rings. The number of anilines is 1. The molecule has 1 aromatic heterocycles. The van der Waals surface area contributed by atoms with Gasteiger partial charge in [0.1, 0.15) is 11.5 Å². The molecule has 0 atom stereocenters. The molecule has 0 spiro atoms. The van der Waals surface area contributed by atoms with Crippen molar-refractivity contribution in [3.05, 3.63) is 48.5 Å². The lowest BCUT2D eigenvalue weighted by Gasteiger charge is -2.20. The Morgan fingerprint density at radius 1 is 1.00 bits per heavy atom. The SMILES string of the molecule is CCOc1ccc(S(=O)(=O)c2nc(-c3ccccc3OC)oc2N2CCCCCC2)cc1. The van der Waals surface area contributed by atoms with Gasteiger partial charge in [0.2, 0.25) is 26.6 Å². The number of hydrogen-bond donors (Lipinski definition) is 0. The van der Waals surface area contributed by atoms with E-state index in [1.165, 1.54) is 0 Å². The van der Waals surface area contributed by atoms with Gasteiger partial charge in [-0.3, -0.25) is 0 Å². The van der Waals surface area contributed by atoms with Gasteiger partial charge in [-0.05, 0) is 56.2 Å². The lowest BCUT2D eigenvalue weighted by molar-refractivity contribution is 0.340. The number of nitrogens with zero attached hydrogens (tertiary/aromatic N) is 2. The summed E-state index contributed by atoms with van der Waals surface area (Å²) in [6.07, 6.45) is 4.19. The predicted molar refractivity (Wildman–Crippen MR) is 122 cm³/mol. The first kappa shape index (κ1) is 22.2. The number of hydrogen-bond acceptors (Lipinski definition) is 7. The highest BCUT2D eigenvalue weighted by Gasteiger charge is 2.32. The first-order valence-electron chi connectivity index (χ1n) is 10.9. The molecule has 170 valence electrons. The minimum Gasteiger partial charge on any atom is -0.496 e. The number of aromatic nitrogens is 1. The fraction of sp³-hybridized carbons (Fsp3) is 0.375. The molecule has 0 bridgehead atoms. The van der Waals surface area contributed by atoms with Crippen molar-refractivity contribution in [1.82, 2.24) is 4.98 Å². The second-order valence-electron chi connectivity index (χ2n) is 7.64. The van der Waals surface area contributed by atoms with Crippen molar-refractivity contribution < 1.29 is 22.3 Å². The van der Waals surface area contributed by atoms with Crippen molar-refractivity contribution in [3.8, 4) is 23.0 Å². The zero-order valence-electron chi connectivity index (χ0n) is 18.4. The van der Waals surface area contributed by atoms with E-state index in [0.717, 1.165) is 38.8 Å². The number of benzene rings is 2. The van der Waals surface area contributed by atoms with Crippen LogP contribution in [0, 0.1) is 0 Å². The van der Waals surface area contributed by atoms with Crippen molar-refractivity contribution in [2.24, 2.45) is 0 Å². The van der Waals surface area contributed by atoms with Crippen LogP contribution in [0.1, 0.15) is 32.6 Å². The first-order chi connectivity index (χ1) is 15.5. The average molecular weight is 457 g/mol. The molecule has 0 unspecified atom stereocenters. The van der Waals surface area contributed by atoms with E-state index < -0.39 is 9.84 Å². The van der Waals surface area contributed by atoms with E-state index in [2.05, 4.69) is 4.98 Å². The molecule has 0 N–H and O–H groups in total. The Bertz CT molecular complexity index is 1150. The number of oxazole rings is 1. The summed E-state index contributed by atoms with van der Waals surface area (Å²) in [7, 11) is -2.35. The average Bonchev–Trinajstić information content (AvgIpc) is 3.09. The molecular weight excluding hydrogens is 428 g/mol. The summed E-state index contributed by atoms with van der Waals surface area (Å²) < 4.78 is 44.3. The van der Waals surface area contributed by atoms with E-state index in [4.69, 9.17) is 13.9 Å². The van der Waals surface area contributed by atoms with Crippen LogP contribution in [0.4, 0.5) is 5.88 Å². The monoisotopic (exact) mass is 456 g/mol. The van der Waals surface area contributed by atoms with Crippen LogP contribution in [0.15, 0.2) is 62.9 Å². The van der Waals surface area contributed by atoms with Gasteiger partial charge >= 0.3 is 0 Å². The summed E-state index contributed by atoms with van der Waals surface area (Å²) in [4.78, 5) is 6.64. The van der Waals surface area contributed by atoms with Gasteiger partial charge in [-0.2, -0.15) is 4.98 Å². The van der Waals surface area contributed by atoms with Crippen molar-refractivity contribution in [1.29, 1.82) is 0 Å². The number of methoxy groups -OCH3 is 1. The Hall–Kier alpha value is -3.00. The third kappa shape index (κ3) is 4.46. The van der Waals surface area contributed by atoms with Gasteiger partial charge in [0.05, 0.1) is 24.2 Å². The number of rotatable bonds is 7. The summed E-state index contributed by atoms with van der Waals surface area (Å²) >= 11 is 0. The second kappa shape index (κ2) is 9.65. The van der Waals surface area contributed by atoms with Crippen LogP contribution in [0.25, 0.3) is 11.5 Å². The molecule has 4 rings (SSSR count). The lowest BCUT2D eigenvalue weighted by Crippen LogP contribution is -2.25. The summed E-state index contributed by atoms with van der Waals surface area (Å²) in [6.45, 7) is 3.85. The molecule has 0 amide bonds. The van der Waals surface area contributed by atoms with Crippen LogP contribution in [0.5, 0.6) is 11.5 Å². The van der Waals surface area contributed by atoms with E-state index in [1.807, 2.05) is 30.0 Å². The van der Waals surface area contributed by atoms with Crippen molar-refractivity contribution in [2.45, 2.75) is 42.5 Å². The molecule has 1 fully saturated rings. The Balaban J connectivity index is 1.82. The third-order valence-electron chi connectivity index (χ3n) is 5.51. The lowest BCUT2D eigenvalue weighted by atomic mass is 10.2. The van der Waals surface area contributed by atoms with E-state index in [1.54, 1.807) is 37.4 Å². The van der Waals surface area contributed by atoms with Crippen LogP contribution >= 0.6 is 0 Å². The Kier molecular flexibility index (Phi) is 6.69. The van der Waals surface area contributed by atoms with Gasteiger partial charge in [0, 0.05) is 13.1 Å². The Labute approximate surface area is 188 Å². The summed E-state index contributed by atoms with van der Waals surface area (Å²) in [6, 6.07) is 13.7. The van der Waals surface area contributed by atoms with Crippen LogP contribution in [-0.4, -0.2) is 40.2 Å². The molecule has 32 heavy (non-hydrogen) atoms. The zero-order chi connectivity index (χ0) is 22.6. The highest BCUT2D eigenvalue weighted by molar-refractivity contribution is 7.91. The summed E-state index contributed by atoms with van der Waals surface area (Å²) in [5, 5.41) is -0.0653. The molecule has 8 heteroatoms. The van der Waals surface area contributed by atoms with Gasteiger partial charge < -0.3 is 18.8 Å². The number of ether oxygens (including phenoxy) is 2. The van der Waals surface area contributed by atoms with E-state index >= 15 is 0 Å². The van der Waals surface area contributed by atoms with Crippen LogP contribution in [-0.2, 0) is 9.84 Å². The molecule has 0 aliphatic carbocycles. The maximum absolute atomic E-state index is 13.6. The largest absolute Gasteiger partial charge is 0.496 e. The molecule has 1 aliphatic rings. The molecule has 0 saturated carbocycles. The van der Waals surface area contributed by atoms with E-state index in [-0.39, 0.29) is 15.8 Å².